The summed E-state index contributed by atoms with van der Waals surface area (Å²) in [4.78, 5) is 66.5. The van der Waals surface area contributed by atoms with E-state index < -0.39 is 42.2 Å². The molecule has 5 rings (SSSR count). The van der Waals surface area contributed by atoms with Gasteiger partial charge in [-0.2, -0.15) is 0 Å². The van der Waals surface area contributed by atoms with Crippen LogP contribution in [0.4, 0.5) is 0 Å². The van der Waals surface area contributed by atoms with Gasteiger partial charge >= 0.3 is 11.9 Å². The number of imide groups is 1. The first kappa shape index (κ1) is 28.9. The summed E-state index contributed by atoms with van der Waals surface area (Å²) in [5.41, 5.74) is 2.45. The van der Waals surface area contributed by atoms with Crippen LogP contribution >= 0.6 is 0 Å². The number of rotatable bonds is 9. The van der Waals surface area contributed by atoms with Crippen LogP contribution in [-0.4, -0.2) is 47.1 Å². The van der Waals surface area contributed by atoms with Gasteiger partial charge in [-0.05, 0) is 74.1 Å². The Morgan fingerprint density at radius 2 is 1.48 bits per heavy atom. The third kappa shape index (κ3) is 6.33. The Bertz CT molecular complexity index is 1480. The summed E-state index contributed by atoms with van der Waals surface area (Å²) in [6.45, 7) is 3.43. The third-order valence-corrected chi connectivity index (χ3v) is 8.10. The van der Waals surface area contributed by atoms with Gasteiger partial charge in [-0.3, -0.25) is 19.3 Å². The zero-order valence-electron chi connectivity index (χ0n) is 23.7. The van der Waals surface area contributed by atoms with Crippen LogP contribution < -0.4 is 4.74 Å². The van der Waals surface area contributed by atoms with Crippen molar-refractivity contribution >= 4 is 29.5 Å². The highest BCUT2D eigenvalue weighted by Crippen LogP contribution is 2.41. The predicted octanol–water partition coefficient (Wildman–Crippen LogP) is 4.97. The monoisotopic (exact) mass is 567 g/mol. The van der Waals surface area contributed by atoms with Gasteiger partial charge < -0.3 is 9.47 Å². The normalized spacial score (nSPS) is 20.5. The number of likely N-dealkylation sites (tertiary alicyclic amines) is 1. The van der Waals surface area contributed by atoms with Crippen molar-refractivity contribution in [2.24, 2.45) is 17.8 Å². The zero-order chi connectivity index (χ0) is 29.8. The van der Waals surface area contributed by atoms with Gasteiger partial charge in [0.1, 0.15) is 11.8 Å². The highest BCUT2D eigenvalue weighted by atomic mass is 16.5. The lowest BCUT2D eigenvalue weighted by molar-refractivity contribution is -0.158. The van der Waals surface area contributed by atoms with Crippen molar-refractivity contribution < 1.29 is 33.4 Å². The van der Waals surface area contributed by atoms with E-state index in [1.54, 1.807) is 12.1 Å². The van der Waals surface area contributed by atoms with Crippen molar-refractivity contribution in [3.8, 4) is 5.75 Å². The number of ether oxygens (including phenoxy) is 2. The molecule has 2 amide bonds. The number of fused-ring (bicyclic) bond motifs is 1. The van der Waals surface area contributed by atoms with E-state index in [0.717, 1.165) is 22.4 Å². The summed E-state index contributed by atoms with van der Waals surface area (Å²) in [5.74, 6) is -2.71. The lowest BCUT2D eigenvalue weighted by Crippen LogP contribution is -2.48. The van der Waals surface area contributed by atoms with Crippen LogP contribution in [0.3, 0.4) is 0 Å². The average molecular weight is 568 g/mol. The maximum Gasteiger partial charge on any atom is 0.343 e. The number of carbonyl (C=O) groups is 5. The highest BCUT2D eigenvalue weighted by Gasteiger charge is 2.53. The van der Waals surface area contributed by atoms with E-state index in [9.17, 15) is 24.0 Å². The summed E-state index contributed by atoms with van der Waals surface area (Å²) >= 11 is 0. The van der Waals surface area contributed by atoms with E-state index in [4.69, 9.17) is 9.47 Å². The Kier molecular flexibility index (Phi) is 8.61. The quantitative estimate of drug-likeness (QED) is 0.155. The number of amides is 2. The molecule has 0 bridgehead atoms. The number of aryl methyl sites for hydroxylation is 1. The first-order valence-corrected chi connectivity index (χ1v) is 14.2. The molecule has 8 heteroatoms. The number of hydrogen-bond donors (Lipinski definition) is 0. The Morgan fingerprint density at radius 3 is 2.17 bits per heavy atom. The lowest BCUT2D eigenvalue weighted by atomic mass is 9.76. The van der Waals surface area contributed by atoms with Crippen LogP contribution in [0.1, 0.15) is 58.0 Å². The van der Waals surface area contributed by atoms with E-state index in [1.165, 1.54) is 24.3 Å². The van der Waals surface area contributed by atoms with Gasteiger partial charge in [-0.25, -0.2) is 9.59 Å². The van der Waals surface area contributed by atoms with Crippen LogP contribution in [0.2, 0.25) is 0 Å². The van der Waals surface area contributed by atoms with Gasteiger partial charge in [0.25, 0.3) is 0 Å². The largest absolute Gasteiger partial charge is 0.456 e. The van der Waals surface area contributed by atoms with Crippen LogP contribution in [0.15, 0.2) is 78.9 Å². The molecular weight excluding hydrogens is 534 g/mol. The molecule has 2 aliphatic rings. The van der Waals surface area contributed by atoms with E-state index in [0.29, 0.717) is 24.3 Å². The molecular formula is C34H33NO7. The molecule has 4 atom stereocenters. The summed E-state index contributed by atoms with van der Waals surface area (Å²) in [7, 11) is 0. The van der Waals surface area contributed by atoms with Crippen LogP contribution in [0, 0.1) is 24.7 Å². The second-order valence-electron chi connectivity index (χ2n) is 11.2. The Hall–Kier alpha value is -4.59. The van der Waals surface area contributed by atoms with Crippen molar-refractivity contribution in [2.75, 3.05) is 6.61 Å². The van der Waals surface area contributed by atoms with Gasteiger partial charge in [0.2, 0.25) is 11.8 Å². The highest BCUT2D eigenvalue weighted by molar-refractivity contribution is 6.08. The number of esters is 2. The van der Waals surface area contributed by atoms with Crippen molar-refractivity contribution in [1.82, 2.24) is 4.90 Å². The molecule has 8 nitrogen and oxygen atoms in total. The van der Waals surface area contributed by atoms with Gasteiger partial charge in [0.05, 0.1) is 17.4 Å². The summed E-state index contributed by atoms with van der Waals surface area (Å²) in [6.07, 6.45) is 2.20. The molecule has 0 N–H and O–H groups in total. The van der Waals surface area contributed by atoms with Gasteiger partial charge in [0.15, 0.2) is 12.4 Å². The molecule has 1 aliphatic heterocycles. The van der Waals surface area contributed by atoms with Crippen LogP contribution in [0.5, 0.6) is 5.75 Å². The number of carbonyl (C=O) groups excluding carboxylic acids is 5. The van der Waals surface area contributed by atoms with Crippen molar-refractivity contribution in [3.63, 3.8) is 0 Å². The number of benzene rings is 3. The molecule has 4 unspecified atom stereocenters. The third-order valence-electron chi connectivity index (χ3n) is 8.10. The smallest absolute Gasteiger partial charge is 0.343 e. The maximum atomic E-state index is 13.4. The number of Topliss-reactive ketones (excluding diaryl/α,β-unsaturated/α-hetero) is 1. The van der Waals surface area contributed by atoms with E-state index >= 15 is 0 Å². The topological polar surface area (TPSA) is 107 Å². The first-order valence-electron chi connectivity index (χ1n) is 14.2. The SMILES string of the molecule is Cc1ccc(C(=O)Oc2ccc(C(=O)COC(=O)C(Cc3ccccc3)N3C(=O)C4CCC(C)CC4C3=O)cc2)cc1. The summed E-state index contributed by atoms with van der Waals surface area (Å²) < 4.78 is 10.8. The van der Waals surface area contributed by atoms with Crippen molar-refractivity contribution in [3.05, 3.63) is 101 Å². The second kappa shape index (κ2) is 12.5. The summed E-state index contributed by atoms with van der Waals surface area (Å²) in [5, 5.41) is 0. The predicted molar refractivity (Wildman–Crippen MR) is 154 cm³/mol. The minimum atomic E-state index is -1.16. The van der Waals surface area contributed by atoms with Gasteiger partial charge in [0, 0.05) is 12.0 Å². The zero-order valence-corrected chi connectivity index (χ0v) is 23.7. The fourth-order valence-corrected chi connectivity index (χ4v) is 5.72. The minimum Gasteiger partial charge on any atom is -0.456 e. The second-order valence-corrected chi connectivity index (χ2v) is 11.2. The molecule has 1 heterocycles. The van der Waals surface area contributed by atoms with Gasteiger partial charge in [-0.15, -0.1) is 0 Å². The van der Waals surface area contributed by atoms with E-state index in [1.807, 2.05) is 49.4 Å². The maximum absolute atomic E-state index is 13.4. The number of nitrogens with zero attached hydrogens (tertiary/aromatic N) is 1. The molecule has 0 aromatic heterocycles. The Labute approximate surface area is 244 Å². The lowest BCUT2D eigenvalue weighted by Gasteiger charge is -2.25. The van der Waals surface area contributed by atoms with Crippen LogP contribution in [0.25, 0.3) is 0 Å². The molecule has 1 saturated heterocycles. The molecule has 1 aliphatic carbocycles. The number of hydrogen-bond acceptors (Lipinski definition) is 7. The molecule has 0 radical (unpaired) electrons. The van der Waals surface area contributed by atoms with Crippen LogP contribution in [-0.2, 0) is 25.5 Å². The Balaban J connectivity index is 1.25. The van der Waals surface area contributed by atoms with E-state index in [-0.39, 0.29) is 29.5 Å². The molecule has 3 aromatic rings. The molecule has 1 saturated carbocycles. The fourth-order valence-electron chi connectivity index (χ4n) is 5.72. The molecule has 0 spiro atoms. The van der Waals surface area contributed by atoms with Gasteiger partial charge in [-0.1, -0.05) is 55.0 Å². The molecule has 42 heavy (non-hydrogen) atoms. The Morgan fingerprint density at radius 1 is 0.833 bits per heavy atom. The van der Waals surface area contributed by atoms with Crippen molar-refractivity contribution in [2.45, 2.75) is 45.6 Å². The fraction of sp³-hybridized carbons (Fsp3) is 0.324. The number of ketones is 1. The molecule has 3 aromatic carbocycles. The van der Waals surface area contributed by atoms with E-state index in [2.05, 4.69) is 6.92 Å². The average Bonchev–Trinajstić information content (AvgIpc) is 3.24. The minimum absolute atomic E-state index is 0.0986. The van der Waals surface area contributed by atoms with Crippen molar-refractivity contribution in [1.29, 1.82) is 0 Å². The summed E-state index contributed by atoms with van der Waals surface area (Å²) in [6, 6.07) is 20.9. The molecule has 216 valence electrons. The molecule has 2 fully saturated rings. The first-order chi connectivity index (χ1) is 20.2. The standard InChI is InChI=1S/C34H33NO7/c1-21-8-11-25(12-9-21)33(39)42-26-15-13-24(14-16-26)30(36)20-41-34(40)29(19-23-6-4-3-5-7-23)35-31(37)27-17-10-22(2)18-28(27)32(35)38/h3-9,11-16,22,27-29H,10,17-20H2,1-2H3.